The molecule has 104 valence electrons. The quantitative estimate of drug-likeness (QED) is 0.691. The fourth-order valence-corrected chi connectivity index (χ4v) is 1.72. The normalized spacial score (nSPS) is 19.9. The summed E-state index contributed by atoms with van der Waals surface area (Å²) in [6.07, 6.45) is -0.475. The molecule has 7 heteroatoms. The number of amides is 2. The van der Waals surface area contributed by atoms with Crippen molar-refractivity contribution in [2.45, 2.75) is 12.5 Å². The summed E-state index contributed by atoms with van der Waals surface area (Å²) in [6, 6.07) is -0.157. The Hall–Kier alpha value is -1.34. The molecule has 2 N–H and O–H groups in total. The molecular formula is C11H21N3O4. The van der Waals surface area contributed by atoms with Crippen LogP contribution in [-0.4, -0.2) is 79.9 Å². The van der Waals surface area contributed by atoms with Gasteiger partial charge < -0.3 is 25.0 Å². The molecule has 0 aromatic carbocycles. The molecule has 1 heterocycles. The summed E-state index contributed by atoms with van der Waals surface area (Å²) in [5, 5.41) is 11.5. The Labute approximate surface area is 107 Å². The Morgan fingerprint density at radius 3 is 2.83 bits per heavy atom. The summed E-state index contributed by atoms with van der Waals surface area (Å²) in [4.78, 5) is 26.0. The number of likely N-dealkylation sites (N-methyl/N-ethyl adjacent to an activating group) is 1. The van der Waals surface area contributed by atoms with Gasteiger partial charge in [0.15, 0.2) is 0 Å². The van der Waals surface area contributed by atoms with Crippen molar-refractivity contribution in [2.24, 2.45) is 0 Å². The van der Waals surface area contributed by atoms with E-state index < -0.39 is 12.1 Å². The number of rotatable bonds is 5. The van der Waals surface area contributed by atoms with Gasteiger partial charge in [0, 0.05) is 26.2 Å². The number of carboxylic acid groups (broad SMARTS) is 1. The number of hydrogen-bond donors (Lipinski definition) is 2. The minimum absolute atomic E-state index is 0.0680. The van der Waals surface area contributed by atoms with Crippen LogP contribution in [0, 0.1) is 0 Å². The molecular weight excluding hydrogens is 238 g/mol. The lowest BCUT2D eigenvalue weighted by molar-refractivity contribution is -0.141. The van der Waals surface area contributed by atoms with Crippen LogP contribution in [0.2, 0.25) is 0 Å². The van der Waals surface area contributed by atoms with Crippen LogP contribution in [0.15, 0.2) is 0 Å². The van der Waals surface area contributed by atoms with Gasteiger partial charge in [-0.3, -0.25) is 4.79 Å². The fraction of sp³-hybridized carbons (Fsp3) is 0.818. The third kappa shape index (κ3) is 5.33. The highest BCUT2D eigenvalue weighted by molar-refractivity contribution is 5.74. The molecule has 2 amide bonds. The Morgan fingerprint density at radius 2 is 2.22 bits per heavy atom. The van der Waals surface area contributed by atoms with Crippen LogP contribution >= 0.6 is 0 Å². The van der Waals surface area contributed by atoms with Crippen LogP contribution in [0.25, 0.3) is 0 Å². The summed E-state index contributed by atoms with van der Waals surface area (Å²) in [7, 11) is 3.87. The number of ether oxygens (including phenoxy) is 1. The van der Waals surface area contributed by atoms with Gasteiger partial charge in [-0.1, -0.05) is 0 Å². The highest BCUT2D eigenvalue weighted by atomic mass is 16.5. The van der Waals surface area contributed by atoms with Gasteiger partial charge in [-0.2, -0.15) is 0 Å². The van der Waals surface area contributed by atoms with Crippen LogP contribution in [0.3, 0.4) is 0 Å². The number of urea groups is 1. The van der Waals surface area contributed by atoms with Crippen molar-refractivity contribution in [1.29, 1.82) is 0 Å². The number of carbonyl (C=O) groups is 2. The van der Waals surface area contributed by atoms with E-state index in [1.165, 1.54) is 0 Å². The first kappa shape index (κ1) is 14.7. The predicted molar refractivity (Wildman–Crippen MR) is 65.5 cm³/mol. The maximum absolute atomic E-state index is 11.8. The monoisotopic (exact) mass is 259 g/mol. The lowest BCUT2D eigenvalue weighted by Crippen LogP contribution is -2.50. The van der Waals surface area contributed by atoms with Crippen LogP contribution in [0.5, 0.6) is 0 Å². The maximum atomic E-state index is 11.8. The molecule has 1 aliphatic rings. The van der Waals surface area contributed by atoms with Gasteiger partial charge in [-0.25, -0.2) is 4.79 Å². The minimum atomic E-state index is -0.908. The zero-order valence-electron chi connectivity index (χ0n) is 10.9. The molecule has 1 atom stereocenters. The molecule has 1 rings (SSSR count). The summed E-state index contributed by atoms with van der Waals surface area (Å²) in [5.74, 6) is -0.908. The van der Waals surface area contributed by atoms with E-state index in [2.05, 4.69) is 5.32 Å². The zero-order valence-corrected chi connectivity index (χ0v) is 10.9. The average molecular weight is 259 g/mol. The lowest BCUT2D eigenvalue weighted by atomic mass is 10.2. The molecule has 7 nitrogen and oxygen atoms in total. The second-order valence-electron chi connectivity index (χ2n) is 4.57. The topological polar surface area (TPSA) is 82.1 Å². The van der Waals surface area contributed by atoms with E-state index in [9.17, 15) is 9.59 Å². The van der Waals surface area contributed by atoms with Crippen LogP contribution < -0.4 is 5.32 Å². The molecule has 0 aromatic heterocycles. The number of aliphatic carboxylic acids is 1. The van der Waals surface area contributed by atoms with E-state index in [1.807, 2.05) is 19.0 Å². The van der Waals surface area contributed by atoms with Gasteiger partial charge in [-0.15, -0.1) is 0 Å². The minimum Gasteiger partial charge on any atom is -0.481 e. The predicted octanol–water partition coefficient (Wildman–Crippen LogP) is -0.567. The maximum Gasteiger partial charge on any atom is 0.317 e. The third-order valence-corrected chi connectivity index (χ3v) is 2.66. The summed E-state index contributed by atoms with van der Waals surface area (Å²) in [5.41, 5.74) is 0. The largest absolute Gasteiger partial charge is 0.481 e. The summed E-state index contributed by atoms with van der Waals surface area (Å²) >= 11 is 0. The summed E-state index contributed by atoms with van der Waals surface area (Å²) < 4.78 is 5.30. The van der Waals surface area contributed by atoms with Crippen molar-refractivity contribution in [1.82, 2.24) is 15.1 Å². The number of carbonyl (C=O) groups excluding carboxylic acids is 1. The Kier molecular flexibility index (Phi) is 5.87. The fourth-order valence-electron chi connectivity index (χ4n) is 1.72. The molecule has 0 bridgehead atoms. The SMILES string of the molecule is CN(C)CCNC(=O)N1CCOC(CC(=O)O)C1. The first-order valence-corrected chi connectivity index (χ1v) is 6.00. The van der Waals surface area contributed by atoms with Gasteiger partial charge >= 0.3 is 12.0 Å². The molecule has 0 aromatic rings. The van der Waals surface area contributed by atoms with Crippen LogP contribution in [-0.2, 0) is 9.53 Å². The Bertz CT molecular complexity index is 296. The molecule has 0 saturated carbocycles. The molecule has 0 aliphatic carbocycles. The van der Waals surface area contributed by atoms with Gasteiger partial charge in [0.2, 0.25) is 0 Å². The first-order chi connectivity index (χ1) is 8.49. The van der Waals surface area contributed by atoms with Crippen molar-refractivity contribution in [3.05, 3.63) is 0 Å². The molecule has 18 heavy (non-hydrogen) atoms. The number of nitrogens with zero attached hydrogens (tertiary/aromatic N) is 2. The lowest BCUT2D eigenvalue weighted by Gasteiger charge is -2.32. The van der Waals surface area contributed by atoms with Crippen molar-refractivity contribution in [3.63, 3.8) is 0 Å². The van der Waals surface area contributed by atoms with E-state index in [0.29, 0.717) is 26.2 Å². The smallest absolute Gasteiger partial charge is 0.317 e. The number of morpholine rings is 1. The highest BCUT2D eigenvalue weighted by Crippen LogP contribution is 2.08. The Morgan fingerprint density at radius 1 is 1.50 bits per heavy atom. The van der Waals surface area contributed by atoms with Gasteiger partial charge in [0.05, 0.1) is 19.1 Å². The van der Waals surface area contributed by atoms with E-state index in [1.54, 1.807) is 4.90 Å². The molecule has 1 aliphatic heterocycles. The van der Waals surface area contributed by atoms with Crippen molar-refractivity contribution in [3.8, 4) is 0 Å². The van der Waals surface area contributed by atoms with Crippen LogP contribution in [0.1, 0.15) is 6.42 Å². The van der Waals surface area contributed by atoms with E-state index >= 15 is 0 Å². The Balaban J connectivity index is 2.31. The molecule has 1 fully saturated rings. The molecule has 1 saturated heterocycles. The zero-order chi connectivity index (χ0) is 13.5. The standard InChI is InChI=1S/C11H21N3O4/c1-13(2)4-3-12-11(17)14-5-6-18-9(8-14)7-10(15)16/h9H,3-8H2,1-2H3,(H,12,17)(H,15,16). The van der Waals surface area contributed by atoms with Gasteiger partial charge in [0.25, 0.3) is 0 Å². The van der Waals surface area contributed by atoms with Crippen LogP contribution in [0.4, 0.5) is 4.79 Å². The van der Waals surface area contributed by atoms with Crippen molar-refractivity contribution < 1.29 is 19.4 Å². The number of carboxylic acids is 1. The number of nitrogens with one attached hydrogen (secondary N) is 1. The van der Waals surface area contributed by atoms with E-state index in [-0.39, 0.29) is 12.5 Å². The van der Waals surface area contributed by atoms with Crippen molar-refractivity contribution >= 4 is 12.0 Å². The van der Waals surface area contributed by atoms with E-state index in [4.69, 9.17) is 9.84 Å². The third-order valence-electron chi connectivity index (χ3n) is 2.66. The molecule has 1 unspecified atom stereocenters. The van der Waals surface area contributed by atoms with Crippen molar-refractivity contribution in [2.75, 3.05) is 46.9 Å². The average Bonchev–Trinajstić information content (AvgIpc) is 2.27. The van der Waals surface area contributed by atoms with Gasteiger partial charge in [-0.05, 0) is 14.1 Å². The molecule has 0 spiro atoms. The van der Waals surface area contributed by atoms with E-state index in [0.717, 1.165) is 6.54 Å². The second-order valence-corrected chi connectivity index (χ2v) is 4.57. The molecule has 0 radical (unpaired) electrons. The number of hydrogen-bond acceptors (Lipinski definition) is 4. The second kappa shape index (κ2) is 7.17. The summed E-state index contributed by atoms with van der Waals surface area (Å²) in [6.45, 7) is 2.57. The first-order valence-electron chi connectivity index (χ1n) is 6.00. The highest BCUT2D eigenvalue weighted by Gasteiger charge is 2.25. The van der Waals surface area contributed by atoms with Gasteiger partial charge in [0.1, 0.15) is 0 Å².